The van der Waals surface area contributed by atoms with E-state index < -0.39 is 5.41 Å². The number of rotatable bonds is 2. The summed E-state index contributed by atoms with van der Waals surface area (Å²) in [5, 5.41) is 3.88. The Kier molecular flexibility index (Phi) is 4.18. The molecule has 0 unspecified atom stereocenters. The minimum atomic E-state index is -0.400. The van der Waals surface area contributed by atoms with Crippen molar-refractivity contribution in [2.45, 2.75) is 25.7 Å². The van der Waals surface area contributed by atoms with Crippen molar-refractivity contribution in [2.75, 3.05) is 0 Å². The molecule has 37 heavy (non-hydrogen) atoms. The first-order chi connectivity index (χ1) is 18.2. The van der Waals surface area contributed by atoms with Crippen LogP contribution in [0.25, 0.3) is 44.1 Å². The number of pyridine rings is 1. The molecule has 0 bridgehead atoms. The molecule has 5 aromatic carbocycles. The van der Waals surface area contributed by atoms with Gasteiger partial charge in [-0.2, -0.15) is 0 Å². The Morgan fingerprint density at radius 2 is 1.24 bits per heavy atom. The largest absolute Gasteiger partial charge is 0.247 e. The van der Waals surface area contributed by atoms with Crippen LogP contribution in [0.4, 0.5) is 0 Å². The molecule has 1 aromatic heterocycles. The molecule has 8 rings (SSSR count). The van der Waals surface area contributed by atoms with Crippen molar-refractivity contribution in [3.05, 3.63) is 137 Å². The normalized spacial score (nSPS) is 14.2. The van der Waals surface area contributed by atoms with Crippen LogP contribution in [-0.4, -0.2) is 4.98 Å². The maximum Gasteiger partial charge on any atom is 0.0764 e. The van der Waals surface area contributed by atoms with Crippen molar-refractivity contribution in [3.8, 4) is 22.4 Å². The zero-order valence-electron chi connectivity index (χ0n) is 21.1. The van der Waals surface area contributed by atoms with E-state index in [0.29, 0.717) is 5.92 Å². The highest BCUT2D eigenvalue weighted by atomic mass is 14.7. The summed E-state index contributed by atoms with van der Waals surface area (Å²) in [7, 11) is 0. The van der Waals surface area contributed by atoms with Gasteiger partial charge < -0.3 is 0 Å². The molecule has 6 aromatic rings. The second-order valence-electron chi connectivity index (χ2n) is 11.0. The summed E-state index contributed by atoms with van der Waals surface area (Å²) in [5.41, 5.74) is 12.5. The fourth-order valence-electron chi connectivity index (χ4n) is 7.18. The molecular formula is C36H27N. The quantitative estimate of drug-likeness (QED) is 0.244. The van der Waals surface area contributed by atoms with Crippen LogP contribution in [0.15, 0.2) is 109 Å². The predicted octanol–water partition coefficient (Wildman–Crippen LogP) is 8.93. The molecular weight excluding hydrogens is 446 g/mol. The van der Waals surface area contributed by atoms with Crippen LogP contribution in [0.3, 0.4) is 0 Å². The first-order valence-corrected chi connectivity index (χ1v) is 13.3. The Hall–Kier alpha value is -4.23. The van der Waals surface area contributed by atoms with E-state index >= 15 is 0 Å². The Balaban J connectivity index is 1.62. The van der Waals surface area contributed by atoms with Gasteiger partial charge in [0.1, 0.15) is 0 Å². The molecule has 2 aliphatic carbocycles. The lowest BCUT2D eigenvalue weighted by Gasteiger charge is -2.39. The predicted molar refractivity (Wildman–Crippen MR) is 154 cm³/mol. The lowest BCUT2D eigenvalue weighted by atomic mass is 9.62. The van der Waals surface area contributed by atoms with Gasteiger partial charge in [-0.1, -0.05) is 111 Å². The Labute approximate surface area is 217 Å². The minimum absolute atomic E-state index is 0.400. The molecule has 0 fully saturated rings. The topological polar surface area (TPSA) is 12.9 Å². The Bertz CT molecular complexity index is 1840. The maximum atomic E-state index is 5.47. The van der Waals surface area contributed by atoms with E-state index in [9.17, 15) is 0 Å². The summed E-state index contributed by atoms with van der Waals surface area (Å²) in [6.45, 7) is 4.60. The van der Waals surface area contributed by atoms with Crippen LogP contribution in [-0.2, 0) is 11.8 Å². The second-order valence-corrected chi connectivity index (χ2v) is 11.0. The number of hydrogen-bond acceptors (Lipinski definition) is 1. The SMILES string of the molecule is CC(C)Cc1cccc2nc3c(cc12)C1(c2ccccc2-c2ccccc21)c1cccc2cccc-3c12. The number of aromatic nitrogens is 1. The van der Waals surface area contributed by atoms with Gasteiger partial charge in [0.05, 0.1) is 16.6 Å². The standard InChI is InChI=1S/C36H27N/c1-22(2)20-24-12-9-19-33-28(24)21-32-35(37-33)27-15-7-10-23-11-8-18-31(34(23)27)36(32)29-16-5-3-13-25(29)26-14-4-6-17-30(26)36/h3-19,21-22H,20H2,1-2H3. The van der Waals surface area contributed by atoms with Gasteiger partial charge in [0.25, 0.3) is 0 Å². The van der Waals surface area contributed by atoms with E-state index in [1.165, 1.54) is 60.7 Å². The zero-order valence-corrected chi connectivity index (χ0v) is 21.1. The molecule has 1 heteroatoms. The third kappa shape index (κ3) is 2.61. The Morgan fingerprint density at radius 3 is 1.97 bits per heavy atom. The highest BCUT2D eigenvalue weighted by Gasteiger charge is 2.50. The highest BCUT2D eigenvalue weighted by molar-refractivity contribution is 6.07. The molecule has 0 atom stereocenters. The van der Waals surface area contributed by atoms with Crippen LogP contribution in [0.5, 0.6) is 0 Å². The molecule has 0 amide bonds. The second kappa shape index (κ2) is 7.40. The molecule has 2 aliphatic rings. The van der Waals surface area contributed by atoms with Crippen LogP contribution in [0.2, 0.25) is 0 Å². The van der Waals surface area contributed by atoms with Crippen LogP contribution >= 0.6 is 0 Å². The number of hydrogen-bond donors (Lipinski definition) is 0. The molecule has 0 saturated carbocycles. The van der Waals surface area contributed by atoms with Gasteiger partial charge in [-0.25, -0.2) is 4.98 Å². The molecule has 176 valence electrons. The van der Waals surface area contributed by atoms with Crippen molar-refractivity contribution in [1.82, 2.24) is 4.98 Å². The summed E-state index contributed by atoms with van der Waals surface area (Å²) < 4.78 is 0. The number of fused-ring (bicyclic) bond motifs is 10. The van der Waals surface area contributed by atoms with Crippen molar-refractivity contribution in [3.63, 3.8) is 0 Å². The number of nitrogens with zero attached hydrogens (tertiary/aromatic N) is 1. The molecule has 1 heterocycles. The first kappa shape index (κ1) is 20.9. The average Bonchev–Trinajstić information content (AvgIpc) is 3.22. The van der Waals surface area contributed by atoms with Crippen molar-refractivity contribution >= 4 is 21.7 Å². The van der Waals surface area contributed by atoms with Gasteiger partial charge in [0.15, 0.2) is 0 Å². The average molecular weight is 474 g/mol. The summed E-state index contributed by atoms with van der Waals surface area (Å²) in [6.07, 6.45) is 1.05. The van der Waals surface area contributed by atoms with E-state index in [1.54, 1.807) is 0 Å². The third-order valence-electron chi connectivity index (χ3n) is 8.50. The third-order valence-corrected chi connectivity index (χ3v) is 8.50. The summed E-state index contributed by atoms with van der Waals surface area (Å²) in [4.78, 5) is 5.47. The van der Waals surface area contributed by atoms with Gasteiger partial charge in [0.2, 0.25) is 0 Å². The molecule has 0 saturated heterocycles. The van der Waals surface area contributed by atoms with Crippen LogP contribution in [0.1, 0.15) is 41.7 Å². The van der Waals surface area contributed by atoms with Crippen LogP contribution < -0.4 is 0 Å². The number of benzene rings is 5. The molecule has 0 radical (unpaired) electrons. The fourth-order valence-corrected chi connectivity index (χ4v) is 7.18. The van der Waals surface area contributed by atoms with Crippen LogP contribution in [0, 0.1) is 5.92 Å². The summed E-state index contributed by atoms with van der Waals surface area (Å²) in [6, 6.07) is 40.7. The molecule has 0 aliphatic heterocycles. The fraction of sp³-hybridized carbons (Fsp3) is 0.139. The molecule has 1 nitrogen and oxygen atoms in total. The smallest absolute Gasteiger partial charge is 0.0764 e. The summed E-state index contributed by atoms with van der Waals surface area (Å²) >= 11 is 0. The van der Waals surface area contributed by atoms with Crippen molar-refractivity contribution < 1.29 is 0 Å². The van der Waals surface area contributed by atoms with E-state index in [1.807, 2.05) is 0 Å². The molecule has 0 N–H and O–H groups in total. The van der Waals surface area contributed by atoms with Gasteiger partial charge in [-0.3, -0.25) is 0 Å². The highest BCUT2D eigenvalue weighted by Crippen LogP contribution is 2.61. The lowest BCUT2D eigenvalue weighted by Crippen LogP contribution is -2.32. The van der Waals surface area contributed by atoms with Crippen molar-refractivity contribution in [2.24, 2.45) is 5.92 Å². The van der Waals surface area contributed by atoms with Gasteiger partial charge in [-0.15, -0.1) is 0 Å². The van der Waals surface area contributed by atoms with Crippen molar-refractivity contribution in [1.29, 1.82) is 0 Å². The van der Waals surface area contributed by atoms with E-state index in [0.717, 1.165) is 17.6 Å². The monoisotopic (exact) mass is 473 g/mol. The minimum Gasteiger partial charge on any atom is -0.247 e. The molecule has 1 spiro atoms. The first-order valence-electron chi connectivity index (χ1n) is 13.3. The van der Waals surface area contributed by atoms with E-state index in [-0.39, 0.29) is 0 Å². The van der Waals surface area contributed by atoms with Gasteiger partial charge in [-0.05, 0) is 74.2 Å². The van der Waals surface area contributed by atoms with Gasteiger partial charge in [0, 0.05) is 10.9 Å². The van der Waals surface area contributed by atoms with Gasteiger partial charge >= 0.3 is 0 Å². The summed E-state index contributed by atoms with van der Waals surface area (Å²) in [5.74, 6) is 0.581. The zero-order chi connectivity index (χ0) is 24.7. The Morgan fingerprint density at radius 1 is 0.622 bits per heavy atom. The van der Waals surface area contributed by atoms with E-state index in [2.05, 4.69) is 123 Å². The maximum absolute atomic E-state index is 5.47. The van der Waals surface area contributed by atoms with E-state index in [4.69, 9.17) is 4.98 Å². The lowest BCUT2D eigenvalue weighted by molar-refractivity contribution is 0.650.